The van der Waals surface area contributed by atoms with Gasteiger partial charge in [-0.1, -0.05) is 23.8 Å². The van der Waals surface area contributed by atoms with Gasteiger partial charge >= 0.3 is 5.97 Å². The molecule has 2 amide bonds. The number of hydrogen-bond acceptors (Lipinski definition) is 4. The van der Waals surface area contributed by atoms with Crippen LogP contribution in [-0.4, -0.2) is 28.1 Å². The highest BCUT2D eigenvalue weighted by atomic mass is 32.2. The van der Waals surface area contributed by atoms with E-state index in [0.29, 0.717) is 5.69 Å². The number of hydrogen-bond donors (Lipinski definition) is 1. The Kier molecular flexibility index (Phi) is 4.40. The highest BCUT2D eigenvalue weighted by Crippen LogP contribution is 2.34. The van der Waals surface area contributed by atoms with Gasteiger partial charge in [-0.15, -0.1) is 11.8 Å². The lowest BCUT2D eigenvalue weighted by Gasteiger charge is -2.15. The maximum absolute atomic E-state index is 12.6. The van der Waals surface area contributed by atoms with Crippen LogP contribution in [0, 0.1) is 6.92 Å². The molecule has 2 aromatic rings. The van der Waals surface area contributed by atoms with Gasteiger partial charge in [-0.3, -0.25) is 9.59 Å². The third-order valence-corrected chi connectivity index (χ3v) is 4.95. The Balaban J connectivity index is 1.82. The fourth-order valence-corrected chi connectivity index (χ4v) is 3.58. The van der Waals surface area contributed by atoms with Crippen LogP contribution in [-0.2, 0) is 9.59 Å². The number of nitrogens with zero attached hydrogens (tertiary/aromatic N) is 1. The molecule has 2 aromatic carbocycles. The highest BCUT2D eigenvalue weighted by Gasteiger charge is 2.40. The summed E-state index contributed by atoms with van der Waals surface area (Å²) < 4.78 is 0. The largest absolute Gasteiger partial charge is 0.478 e. The van der Waals surface area contributed by atoms with Crippen molar-refractivity contribution in [3.8, 4) is 0 Å². The van der Waals surface area contributed by atoms with Crippen molar-refractivity contribution in [2.24, 2.45) is 0 Å². The molecule has 1 atom stereocenters. The Morgan fingerprint density at radius 3 is 2.54 bits per heavy atom. The van der Waals surface area contributed by atoms with Gasteiger partial charge in [0.25, 0.3) is 0 Å². The van der Waals surface area contributed by atoms with Crippen LogP contribution >= 0.6 is 11.8 Å². The van der Waals surface area contributed by atoms with E-state index in [4.69, 9.17) is 5.11 Å². The zero-order chi connectivity index (χ0) is 17.3. The number of carbonyl (C=O) groups excluding carboxylic acids is 2. The first-order valence-electron chi connectivity index (χ1n) is 7.39. The molecule has 0 radical (unpaired) electrons. The van der Waals surface area contributed by atoms with E-state index in [0.717, 1.165) is 15.4 Å². The van der Waals surface area contributed by atoms with Gasteiger partial charge in [-0.25, -0.2) is 9.69 Å². The van der Waals surface area contributed by atoms with Crippen molar-refractivity contribution in [1.82, 2.24) is 0 Å². The minimum atomic E-state index is -1.10. The Morgan fingerprint density at radius 1 is 1.17 bits per heavy atom. The summed E-state index contributed by atoms with van der Waals surface area (Å²) in [4.78, 5) is 37.9. The second-order valence-electron chi connectivity index (χ2n) is 5.55. The number of rotatable bonds is 4. The van der Waals surface area contributed by atoms with Crippen LogP contribution in [0.25, 0.3) is 0 Å². The summed E-state index contributed by atoms with van der Waals surface area (Å²) in [6.45, 7) is 1.98. The molecular weight excluding hydrogens is 326 g/mol. The molecule has 1 aliphatic rings. The Hall–Kier alpha value is -2.60. The van der Waals surface area contributed by atoms with Gasteiger partial charge in [0.15, 0.2) is 0 Å². The average molecular weight is 341 g/mol. The molecule has 1 N–H and O–H groups in total. The van der Waals surface area contributed by atoms with Crippen molar-refractivity contribution in [2.75, 3.05) is 4.90 Å². The summed E-state index contributed by atoms with van der Waals surface area (Å²) in [5.41, 5.74) is 1.47. The summed E-state index contributed by atoms with van der Waals surface area (Å²) >= 11 is 1.35. The van der Waals surface area contributed by atoms with E-state index in [1.54, 1.807) is 6.07 Å². The van der Waals surface area contributed by atoms with Crippen molar-refractivity contribution < 1.29 is 19.5 Å². The van der Waals surface area contributed by atoms with Gasteiger partial charge in [-0.2, -0.15) is 0 Å². The summed E-state index contributed by atoms with van der Waals surface area (Å²) in [5, 5.41) is 8.57. The van der Waals surface area contributed by atoms with Crippen LogP contribution < -0.4 is 4.90 Å². The monoisotopic (exact) mass is 341 g/mol. The van der Waals surface area contributed by atoms with Crippen molar-refractivity contribution in [3.63, 3.8) is 0 Å². The molecule has 5 nitrogen and oxygen atoms in total. The smallest absolute Gasteiger partial charge is 0.335 e. The fourth-order valence-electron chi connectivity index (χ4n) is 2.53. The Morgan fingerprint density at radius 2 is 1.88 bits per heavy atom. The van der Waals surface area contributed by atoms with Crippen LogP contribution in [0.2, 0.25) is 0 Å². The minimum absolute atomic E-state index is 0.0442. The third-order valence-electron chi connectivity index (χ3n) is 3.76. The van der Waals surface area contributed by atoms with Gasteiger partial charge in [0.2, 0.25) is 11.8 Å². The Labute approximate surface area is 143 Å². The van der Waals surface area contributed by atoms with E-state index in [1.807, 2.05) is 31.2 Å². The predicted molar refractivity (Wildman–Crippen MR) is 91.3 cm³/mol. The van der Waals surface area contributed by atoms with Gasteiger partial charge in [0.05, 0.1) is 16.5 Å². The minimum Gasteiger partial charge on any atom is -0.478 e. The van der Waals surface area contributed by atoms with E-state index >= 15 is 0 Å². The first-order chi connectivity index (χ1) is 11.5. The molecule has 0 aliphatic carbocycles. The molecule has 0 saturated carbocycles. The number of carboxylic acid groups (broad SMARTS) is 1. The molecule has 6 heteroatoms. The molecule has 0 aromatic heterocycles. The molecule has 122 valence electrons. The van der Waals surface area contributed by atoms with E-state index in [9.17, 15) is 14.4 Å². The normalized spacial score (nSPS) is 17.4. The number of carboxylic acids is 1. The van der Waals surface area contributed by atoms with Crippen LogP contribution in [0.15, 0.2) is 53.4 Å². The standard InChI is InChI=1S/C18H15NO4S/c1-11-5-7-14(8-6-11)24-15-10-16(20)19(17(15)21)13-4-2-3-12(9-13)18(22)23/h2-9,15H,10H2,1H3,(H,22,23). The number of amides is 2. The molecule has 0 spiro atoms. The van der Waals surface area contributed by atoms with E-state index in [1.165, 1.54) is 30.0 Å². The van der Waals surface area contributed by atoms with Gasteiger partial charge in [-0.05, 0) is 37.3 Å². The zero-order valence-electron chi connectivity index (χ0n) is 12.9. The third kappa shape index (κ3) is 3.19. The number of aromatic carboxylic acids is 1. The number of aryl methyl sites for hydroxylation is 1. The lowest BCUT2D eigenvalue weighted by molar-refractivity contribution is -0.121. The molecule has 0 bridgehead atoms. The van der Waals surface area contributed by atoms with E-state index in [2.05, 4.69) is 0 Å². The summed E-state index contributed by atoms with van der Waals surface area (Å²) in [6, 6.07) is 13.6. The quantitative estimate of drug-likeness (QED) is 0.865. The van der Waals surface area contributed by atoms with Gasteiger partial charge in [0.1, 0.15) is 0 Å². The van der Waals surface area contributed by atoms with Crippen molar-refractivity contribution in [2.45, 2.75) is 23.5 Å². The molecule has 1 unspecified atom stereocenters. The summed E-state index contributed by atoms with van der Waals surface area (Å²) in [7, 11) is 0. The van der Waals surface area contributed by atoms with Crippen LogP contribution in [0.5, 0.6) is 0 Å². The molecule has 24 heavy (non-hydrogen) atoms. The number of carbonyl (C=O) groups is 3. The molecule has 3 rings (SSSR count). The first-order valence-corrected chi connectivity index (χ1v) is 8.27. The van der Waals surface area contributed by atoms with Gasteiger partial charge < -0.3 is 5.11 Å². The maximum atomic E-state index is 12.6. The molecule has 1 saturated heterocycles. The fraction of sp³-hybridized carbons (Fsp3) is 0.167. The number of thioether (sulfide) groups is 1. The van der Waals surface area contributed by atoms with Gasteiger partial charge in [0, 0.05) is 11.3 Å². The number of benzene rings is 2. The first kappa shape index (κ1) is 16.3. The van der Waals surface area contributed by atoms with Crippen LogP contribution in [0.3, 0.4) is 0 Å². The molecule has 1 aliphatic heterocycles. The lowest BCUT2D eigenvalue weighted by Crippen LogP contribution is -2.31. The number of anilines is 1. The predicted octanol–water partition coefficient (Wildman–Crippen LogP) is 3.12. The topological polar surface area (TPSA) is 74.7 Å². The summed E-state index contributed by atoms with van der Waals surface area (Å²) in [6.07, 6.45) is 0.106. The SMILES string of the molecule is Cc1ccc(SC2CC(=O)N(c3cccc(C(=O)O)c3)C2=O)cc1. The molecular formula is C18H15NO4S. The zero-order valence-corrected chi connectivity index (χ0v) is 13.7. The van der Waals surface area contributed by atoms with Crippen molar-refractivity contribution >= 4 is 35.2 Å². The summed E-state index contributed by atoms with van der Waals surface area (Å²) in [5.74, 6) is -1.72. The van der Waals surface area contributed by atoms with Crippen molar-refractivity contribution in [3.05, 3.63) is 59.7 Å². The maximum Gasteiger partial charge on any atom is 0.335 e. The highest BCUT2D eigenvalue weighted by molar-refractivity contribution is 8.00. The average Bonchev–Trinajstić information content (AvgIpc) is 2.83. The van der Waals surface area contributed by atoms with Crippen molar-refractivity contribution in [1.29, 1.82) is 0 Å². The van der Waals surface area contributed by atoms with E-state index in [-0.39, 0.29) is 23.8 Å². The lowest BCUT2D eigenvalue weighted by atomic mass is 10.2. The Bertz CT molecular complexity index is 816. The van der Waals surface area contributed by atoms with Crippen LogP contribution in [0.4, 0.5) is 5.69 Å². The molecule has 1 fully saturated rings. The molecule has 1 heterocycles. The van der Waals surface area contributed by atoms with E-state index < -0.39 is 11.2 Å². The second-order valence-corrected chi connectivity index (χ2v) is 6.82. The number of imide groups is 1. The van der Waals surface area contributed by atoms with Crippen LogP contribution in [0.1, 0.15) is 22.3 Å². The second kappa shape index (κ2) is 6.49.